The number of hydrogen-bond acceptors (Lipinski definition) is 8. The second kappa shape index (κ2) is 16.3. The van der Waals surface area contributed by atoms with Crippen LogP contribution >= 0.6 is 0 Å². The van der Waals surface area contributed by atoms with E-state index in [1.54, 1.807) is 46.1 Å². The van der Waals surface area contributed by atoms with E-state index in [1.165, 1.54) is 23.9 Å². The van der Waals surface area contributed by atoms with E-state index in [1.807, 2.05) is 24.4 Å². The minimum atomic E-state index is -0.622. The van der Waals surface area contributed by atoms with Gasteiger partial charge in [-0.3, -0.25) is 33.8 Å². The number of nitrogens with one attached hydrogen (secondary N) is 1. The Morgan fingerprint density at radius 3 is 2.41 bits per heavy atom. The number of halogens is 1. The number of carbonyl (C=O) groups excluding carboxylic acids is 1. The zero-order valence-electron chi connectivity index (χ0n) is 30.6. The number of piperidine rings is 2. The number of pyridine rings is 2. The van der Waals surface area contributed by atoms with Crippen molar-refractivity contribution in [2.45, 2.75) is 70.7 Å². The minimum Gasteiger partial charge on any atom is -0.495 e. The molecule has 54 heavy (non-hydrogen) atoms. The van der Waals surface area contributed by atoms with Crippen LogP contribution in [0.4, 0.5) is 4.39 Å². The van der Waals surface area contributed by atoms with Gasteiger partial charge in [0.1, 0.15) is 11.6 Å². The van der Waals surface area contributed by atoms with Gasteiger partial charge in [0.2, 0.25) is 0 Å². The number of rotatable bonds is 11. The van der Waals surface area contributed by atoms with E-state index in [2.05, 4.69) is 21.8 Å². The molecule has 0 spiro atoms. The molecule has 2 aliphatic rings. The van der Waals surface area contributed by atoms with Crippen LogP contribution in [0.5, 0.6) is 5.75 Å². The van der Waals surface area contributed by atoms with E-state index in [-0.39, 0.29) is 29.5 Å². The Labute approximate surface area is 311 Å². The maximum atomic E-state index is 15.6. The summed E-state index contributed by atoms with van der Waals surface area (Å²) in [6, 6.07) is 13.4. The van der Waals surface area contributed by atoms with E-state index >= 15 is 4.39 Å². The third-order valence-corrected chi connectivity index (χ3v) is 10.6. The summed E-state index contributed by atoms with van der Waals surface area (Å²) in [5.74, 6) is -0.0186. The summed E-state index contributed by atoms with van der Waals surface area (Å²) in [5, 5.41) is 1.30. The molecule has 13 heteroatoms. The van der Waals surface area contributed by atoms with Crippen LogP contribution < -0.4 is 21.5 Å². The molecule has 0 atom stereocenters. The number of ether oxygens (including phenoxy) is 2. The van der Waals surface area contributed by atoms with Gasteiger partial charge in [-0.1, -0.05) is 25.5 Å². The lowest BCUT2D eigenvalue weighted by Gasteiger charge is -2.37. The smallest absolute Gasteiger partial charge is 0.333 e. The molecule has 2 aliphatic heterocycles. The topological polar surface area (TPSA) is 132 Å². The third kappa shape index (κ3) is 7.92. The number of aromatic nitrogens is 4. The van der Waals surface area contributed by atoms with Crippen molar-refractivity contribution in [3.63, 3.8) is 0 Å². The number of H-pyrrole nitrogens is 1. The van der Waals surface area contributed by atoms with E-state index in [4.69, 9.17) is 9.47 Å². The second-order valence-corrected chi connectivity index (χ2v) is 14.1. The Balaban J connectivity index is 0.921. The van der Waals surface area contributed by atoms with E-state index in [9.17, 15) is 19.2 Å². The molecule has 5 heterocycles. The first kappa shape index (κ1) is 36.9. The molecule has 7 rings (SSSR count). The average Bonchev–Trinajstić information content (AvgIpc) is 3.19. The zero-order valence-corrected chi connectivity index (χ0v) is 30.6. The maximum Gasteiger partial charge on any atom is 0.333 e. The third-order valence-electron chi connectivity index (χ3n) is 10.6. The fourth-order valence-electron chi connectivity index (χ4n) is 7.52. The van der Waals surface area contributed by atoms with Crippen LogP contribution in [-0.2, 0) is 17.8 Å². The predicted octanol–water partition coefficient (Wildman–Crippen LogP) is 5.14. The Kier molecular flexibility index (Phi) is 11.2. The standard InChI is InChI=1S/C41H45FN6O6/c1-3-4-16-47-26-34(32-9-15-43-24-33(32)40(47)51)27-5-6-29(35(42)22-27)25-45-17-10-30(11-18-45)54-31-12-19-46(20-13-31)39(50)28-7-8-37(53-2)36(23-28)48-21-14-38(49)44-41(48)52/h5-9,14-15,21-24,26,30-31H,3-4,10-13,16-20,25H2,1-2H3,(H,44,49,52). The van der Waals surface area contributed by atoms with Gasteiger partial charge in [-0.2, -0.15) is 0 Å². The number of fused-ring (bicyclic) bond motifs is 1. The highest BCUT2D eigenvalue weighted by Gasteiger charge is 2.29. The van der Waals surface area contributed by atoms with Crippen molar-refractivity contribution in [2.75, 3.05) is 33.3 Å². The summed E-state index contributed by atoms with van der Waals surface area (Å²) in [6.07, 6.45) is 11.6. The van der Waals surface area contributed by atoms with E-state index < -0.39 is 11.2 Å². The van der Waals surface area contributed by atoms with Crippen LogP contribution in [0.2, 0.25) is 0 Å². The number of methoxy groups -OCH3 is 1. The van der Waals surface area contributed by atoms with Gasteiger partial charge in [0, 0.05) is 86.8 Å². The zero-order chi connectivity index (χ0) is 37.8. The molecule has 0 aliphatic carbocycles. The lowest BCUT2D eigenvalue weighted by atomic mass is 9.99. The van der Waals surface area contributed by atoms with Crippen molar-refractivity contribution in [1.82, 2.24) is 28.9 Å². The van der Waals surface area contributed by atoms with Crippen molar-refractivity contribution in [2.24, 2.45) is 0 Å². The average molecular weight is 737 g/mol. The monoisotopic (exact) mass is 736 g/mol. The summed E-state index contributed by atoms with van der Waals surface area (Å²) in [6.45, 7) is 5.87. The van der Waals surface area contributed by atoms with Crippen LogP contribution in [0.3, 0.4) is 0 Å². The van der Waals surface area contributed by atoms with Gasteiger partial charge in [-0.05, 0) is 73.4 Å². The highest BCUT2D eigenvalue weighted by Crippen LogP contribution is 2.30. The Morgan fingerprint density at radius 2 is 1.70 bits per heavy atom. The molecule has 2 fully saturated rings. The molecular weight excluding hydrogens is 691 g/mol. The Bertz CT molecular complexity index is 2320. The number of likely N-dealkylation sites (tertiary alicyclic amines) is 2. The minimum absolute atomic E-state index is 0.0462. The van der Waals surface area contributed by atoms with Crippen molar-refractivity contribution in [3.05, 3.63) is 121 Å². The molecule has 0 bridgehead atoms. The van der Waals surface area contributed by atoms with Crippen LogP contribution in [0.1, 0.15) is 61.4 Å². The Hall–Kier alpha value is -5.40. The molecule has 2 saturated heterocycles. The second-order valence-electron chi connectivity index (χ2n) is 14.1. The highest BCUT2D eigenvalue weighted by molar-refractivity contribution is 5.96. The molecular formula is C41H45FN6O6. The molecule has 1 amide bonds. The quantitative estimate of drug-likeness (QED) is 0.198. The number of nitrogens with zero attached hydrogens (tertiary/aromatic N) is 5. The fraction of sp³-hybridized carbons (Fsp3) is 0.390. The van der Waals surface area contributed by atoms with Gasteiger partial charge in [0.15, 0.2) is 0 Å². The van der Waals surface area contributed by atoms with E-state index in [0.717, 1.165) is 55.3 Å². The normalized spacial score (nSPS) is 15.9. The van der Waals surface area contributed by atoms with Crippen LogP contribution in [-0.4, -0.2) is 80.3 Å². The lowest BCUT2D eigenvalue weighted by molar-refractivity contribution is -0.0629. The number of amides is 1. The first-order valence-electron chi connectivity index (χ1n) is 18.7. The summed E-state index contributed by atoms with van der Waals surface area (Å²) >= 11 is 0. The highest BCUT2D eigenvalue weighted by atomic mass is 19.1. The van der Waals surface area contributed by atoms with Crippen molar-refractivity contribution in [1.29, 1.82) is 0 Å². The van der Waals surface area contributed by atoms with Crippen molar-refractivity contribution < 1.29 is 18.7 Å². The first-order valence-corrected chi connectivity index (χ1v) is 18.7. The summed E-state index contributed by atoms with van der Waals surface area (Å²) in [7, 11) is 1.48. The Morgan fingerprint density at radius 1 is 0.944 bits per heavy atom. The largest absolute Gasteiger partial charge is 0.495 e. The maximum absolute atomic E-state index is 15.6. The number of carbonyl (C=O) groups is 1. The van der Waals surface area contributed by atoms with Crippen LogP contribution in [0.15, 0.2) is 87.7 Å². The van der Waals surface area contributed by atoms with Gasteiger partial charge in [-0.15, -0.1) is 0 Å². The van der Waals surface area contributed by atoms with Crippen LogP contribution in [0, 0.1) is 5.82 Å². The van der Waals surface area contributed by atoms with Gasteiger partial charge < -0.3 is 18.9 Å². The SMILES string of the molecule is CCCCn1cc(-c2ccc(CN3CCC(OC4CCN(C(=O)c5ccc(OC)c(-n6ccc(=O)[nH]c6=O)c5)CC4)CC3)c(F)c2)c2ccncc2c1=O. The molecule has 3 aromatic heterocycles. The van der Waals surface area contributed by atoms with Gasteiger partial charge in [0.25, 0.3) is 17.0 Å². The van der Waals surface area contributed by atoms with Crippen LogP contribution in [0.25, 0.3) is 27.6 Å². The number of unbranched alkanes of at least 4 members (excludes halogenated alkanes) is 1. The van der Waals surface area contributed by atoms with Gasteiger partial charge in [-0.25, -0.2) is 9.18 Å². The number of hydrogen-bond donors (Lipinski definition) is 1. The summed E-state index contributed by atoms with van der Waals surface area (Å²) < 4.78 is 30.5. The molecule has 12 nitrogen and oxygen atoms in total. The van der Waals surface area contributed by atoms with Gasteiger partial charge in [0.05, 0.1) is 30.4 Å². The summed E-state index contributed by atoms with van der Waals surface area (Å²) in [4.78, 5) is 61.0. The summed E-state index contributed by atoms with van der Waals surface area (Å²) in [5.41, 5.74) is 1.75. The molecule has 1 N–H and O–H groups in total. The van der Waals surface area contributed by atoms with Crippen molar-refractivity contribution >= 4 is 16.7 Å². The molecule has 0 saturated carbocycles. The predicted molar refractivity (Wildman–Crippen MR) is 204 cm³/mol. The molecule has 5 aromatic rings. The van der Waals surface area contributed by atoms with Crippen molar-refractivity contribution in [3.8, 4) is 22.6 Å². The molecule has 0 unspecified atom stereocenters. The fourth-order valence-corrected chi connectivity index (χ4v) is 7.52. The number of benzene rings is 2. The molecule has 2 aromatic carbocycles. The molecule has 282 valence electrons. The molecule has 0 radical (unpaired) electrons. The van der Waals surface area contributed by atoms with E-state index in [0.29, 0.717) is 67.0 Å². The first-order chi connectivity index (χ1) is 26.2. The lowest BCUT2D eigenvalue weighted by Crippen LogP contribution is -2.43. The number of aromatic amines is 1. The number of aryl methyl sites for hydroxylation is 1. The van der Waals surface area contributed by atoms with Gasteiger partial charge >= 0.3 is 5.69 Å².